The van der Waals surface area contributed by atoms with Crippen molar-refractivity contribution in [2.75, 3.05) is 4.90 Å². The van der Waals surface area contributed by atoms with Crippen LogP contribution in [0.4, 0.5) is 10.5 Å². The van der Waals surface area contributed by atoms with Gasteiger partial charge in [0.15, 0.2) is 6.23 Å². The molecule has 2 aromatic rings. The van der Waals surface area contributed by atoms with Crippen LogP contribution >= 0.6 is 0 Å². The number of rotatable bonds is 5. The van der Waals surface area contributed by atoms with E-state index in [0.717, 1.165) is 37.1 Å². The SMILES string of the molecule is NC(=O)N1c2ccccc2O[C@@H]1CCCCc1ccccc1. The van der Waals surface area contributed by atoms with E-state index in [4.69, 9.17) is 10.5 Å². The lowest BCUT2D eigenvalue weighted by Gasteiger charge is -2.21. The van der Waals surface area contributed by atoms with E-state index in [1.807, 2.05) is 30.3 Å². The van der Waals surface area contributed by atoms with E-state index >= 15 is 0 Å². The molecule has 4 heteroatoms. The molecule has 2 amide bonds. The summed E-state index contributed by atoms with van der Waals surface area (Å²) in [5.74, 6) is 0.731. The van der Waals surface area contributed by atoms with Gasteiger partial charge in [-0.15, -0.1) is 0 Å². The van der Waals surface area contributed by atoms with Gasteiger partial charge in [-0.25, -0.2) is 4.79 Å². The van der Waals surface area contributed by atoms with E-state index in [9.17, 15) is 4.79 Å². The predicted molar refractivity (Wildman–Crippen MR) is 86.9 cm³/mol. The molecule has 1 atom stereocenters. The highest BCUT2D eigenvalue weighted by atomic mass is 16.5. The molecule has 2 N–H and O–H groups in total. The Labute approximate surface area is 130 Å². The largest absolute Gasteiger partial charge is 0.468 e. The standard InChI is InChI=1S/C18H20N2O2/c19-18(21)20-15-11-5-6-12-16(15)22-17(20)13-7-4-10-14-8-2-1-3-9-14/h1-3,5-6,8-9,11-12,17H,4,7,10,13H2,(H2,19,21)/t17-/m1/s1. The first-order valence-corrected chi connectivity index (χ1v) is 7.64. The minimum Gasteiger partial charge on any atom is -0.468 e. The monoisotopic (exact) mass is 296 g/mol. The van der Waals surface area contributed by atoms with E-state index < -0.39 is 6.03 Å². The van der Waals surface area contributed by atoms with E-state index in [1.165, 1.54) is 5.56 Å². The summed E-state index contributed by atoms with van der Waals surface area (Å²) in [7, 11) is 0. The number of nitrogens with zero attached hydrogens (tertiary/aromatic N) is 1. The van der Waals surface area contributed by atoms with Crippen molar-refractivity contribution in [2.45, 2.75) is 31.9 Å². The van der Waals surface area contributed by atoms with Gasteiger partial charge in [0.05, 0.1) is 5.69 Å². The lowest BCUT2D eigenvalue weighted by atomic mass is 10.1. The molecular formula is C18H20N2O2. The second kappa shape index (κ2) is 6.52. The number of urea groups is 1. The van der Waals surface area contributed by atoms with Crippen molar-refractivity contribution in [3.8, 4) is 5.75 Å². The molecule has 0 saturated carbocycles. The summed E-state index contributed by atoms with van der Waals surface area (Å²) in [5, 5.41) is 0. The molecule has 0 fully saturated rings. The third-order valence-electron chi connectivity index (χ3n) is 3.92. The summed E-state index contributed by atoms with van der Waals surface area (Å²) in [6.07, 6.45) is 3.58. The van der Waals surface area contributed by atoms with Crippen LogP contribution in [-0.2, 0) is 6.42 Å². The van der Waals surface area contributed by atoms with Gasteiger partial charge < -0.3 is 10.5 Å². The van der Waals surface area contributed by atoms with Gasteiger partial charge in [0.1, 0.15) is 5.75 Å². The highest BCUT2D eigenvalue weighted by Crippen LogP contribution is 2.37. The third-order valence-corrected chi connectivity index (χ3v) is 3.92. The van der Waals surface area contributed by atoms with Gasteiger partial charge in [0.25, 0.3) is 0 Å². The molecule has 0 aliphatic carbocycles. The number of carbonyl (C=O) groups is 1. The van der Waals surface area contributed by atoms with Crippen molar-refractivity contribution >= 4 is 11.7 Å². The Kier molecular flexibility index (Phi) is 4.28. The van der Waals surface area contributed by atoms with Crippen LogP contribution in [0, 0.1) is 0 Å². The Morgan fingerprint density at radius 2 is 1.77 bits per heavy atom. The zero-order valence-electron chi connectivity index (χ0n) is 12.4. The average Bonchev–Trinajstić information content (AvgIpc) is 2.91. The molecule has 0 saturated heterocycles. The van der Waals surface area contributed by atoms with Gasteiger partial charge in [0.2, 0.25) is 0 Å². The number of unbranched alkanes of at least 4 members (excludes halogenated alkanes) is 1. The van der Waals surface area contributed by atoms with Crippen LogP contribution in [-0.4, -0.2) is 12.3 Å². The van der Waals surface area contributed by atoms with Gasteiger partial charge in [-0.2, -0.15) is 0 Å². The van der Waals surface area contributed by atoms with Gasteiger partial charge in [-0.3, -0.25) is 4.90 Å². The molecule has 114 valence electrons. The molecule has 4 nitrogen and oxygen atoms in total. The number of hydrogen-bond donors (Lipinski definition) is 1. The van der Waals surface area contributed by atoms with E-state index in [1.54, 1.807) is 4.90 Å². The van der Waals surface area contributed by atoms with E-state index in [2.05, 4.69) is 24.3 Å². The number of ether oxygens (including phenoxy) is 1. The number of hydrogen-bond acceptors (Lipinski definition) is 2. The highest BCUT2D eigenvalue weighted by Gasteiger charge is 2.33. The lowest BCUT2D eigenvalue weighted by molar-refractivity contribution is 0.201. The summed E-state index contributed by atoms with van der Waals surface area (Å²) in [6, 6.07) is 17.5. The first-order chi connectivity index (χ1) is 10.8. The van der Waals surface area contributed by atoms with Crippen LogP contribution in [0.25, 0.3) is 0 Å². The molecule has 0 bridgehead atoms. The number of benzene rings is 2. The summed E-state index contributed by atoms with van der Waals surface area (Å²) in [5.41, 5.74) is 7.61. The summed E-state index contributed by atoms with van der Waals surface area (Å²) in [4.78, 5) is 13.3. The molecule has 0 aromatic heterocycles. The minimum absolute atomic E-state index is 0.286. The molecule has 1 aliphatic heterocycles. The van der Waals surface area contributed by atoms with Crippen molar-refractivity contribution in [3.05, 3.63) is 60.2 Å². The van der Waals surface area contributed by atoms with Gasteiger partial charge in [-0.05, 0) is 37.0 Å². The Hall–Kier alpha value is -2.49. The van der Waals surface area contributed by atoms with Crippen molar-refractivity contribution in [1.29, 1.82) is 0 Å². The third kappa shape index (κ3) is 3.06. The fourth-order valence-corrected chi connectivity index (χ4v) is 2.85. The molecule has 0 spiro atoms. The Balaban J connectivity index is 1.56. The fourth-order valence-electron chi connectivity index (χ4n) is 2.85. The number of nitrogens with two attached hydrogens (primary N) is 1. The van der Waals surface area contributed by atoms with Crippen LogP contribution in [0.15, 0.2) is 54.6 Å². The Morgan fingerprint density at radius 3 is 2.55 bits per heavy atom. The number of carbonyl (C=O) groups excluding carboxylic acids is 1. The van der Waals surface area contributed by atoms with Crippen LogP contribution in [0.3, 0.4) is 0 Å². The Bertz CT molecular complexity index is 643. The molecule has 0 unspecified atom stereocenters. The van der Waals surface area contributed by atoms with Crippen LogP contribution in [0.1, 0.15) is 24.8 Å². The van der Waals surface area contributed by atoms with Crippen molar-refractivity contribution in [3.63, 3.8) is 0 Å². The normalized spacial score (nSPS) is 16.2. The molecule has 22 heavy (non-hydrogen) atoms. The highest BCUT2D eigenvalue weighted by molar-refractivity contribution is 5.94. The van der Waals surface area contributed by atoms with Gasteiger partial charge in [0, 0.05) is 6.42 Å². The maximum absolute atomic E-state index is 11.7. The van der Waals surface area contributed by atoms with E-state index in [-0.39, 0.29) is 6.23 Å². The zero-order chi connectivity index (χ0) is 15.4. The quantitative estimate of drug-likeness (QED) is 0.855. The second-order valence-electron chi connectivity index (χ2n) is 5.48. The zero-order valence-corrected chi connectivity index (χ0v) is 12.4. The summed E-state index contributed by atoms with van der Waals surface area (Å²) < 4.78 is 5.86. The van der Waals surface area contributed by atoms with Gasteiger partial charge >= 0.3 is 6.03 Å². The number of para-hydroxylation sites is 2. The van der Waals surface area contributed by atoms with Crippen molar-refractivity contribution in [2.24, 2.45) is 5.73 Å². The first kappa shape index (κ1) is 14.4. The van der Waals surface area contributed by atoms with Crippen LogP contribution < -0.4 is 15.4 Å². The number of fused-ring (bicyclic) bond motifs is 1. The number of primary amides is 1. The van der Waals surface area contributed by atoms with Crippen LogP contribution in [0.5, 0.6) is 5.75 Å². The van der Waals surface area contributed by atoms with E-state index in [0.29, 0.717) is 0 Å². The second-order valence-corrected chi connectivity index (χ2v) is 5.48. The molecule has 1 aliphatic rings. The maximum atomic E-state index is 11.7. The molecule has 2 aromatic carbocycles. The number of aryl methyl sites for hydroxylation is 1. The minimum atomic E-state index is -0.460. The predicted octanol–water partition coefficient (Wildman–Crippen LogP) is 3.70. The number of amides is 2. The smallest absolute Gasteiger partial charge is 0.322 e. The van der Waals surface area contributed by atoms with Crippen LogP contribution in [0.2, 0.25) is 0 Å². The van der Waals surface area contributed by atoms with Crippen molar-refractivity contribution < 1.29 is 9.53 Å². The summed E-state index contributed by atoms with van der Waals surface area (Å²) in [6.45, 7) is 0. The molecule has 1 heterocycles. The Morgan fingerprint density at radius 1 is 1.05 bits per heavy atom. The topological polar surface area (TPSA) is 55.6 Å². The fraction of sp³-hybridized carbons (Fsp3) is 0.278. The number of anilines is 1. The molecule has 3 rings (SSSR count). The van der Waals surface area contributed by atoms with Crippen molar-refractivity contribution in [1.82, 2.24) is 0 Å². The average molecular weight is 296 g/mol. The van der Waals surface area contributed by atoms with Gasteiger partial charge in [-0.1, -0.05) is 42.5 Å². The first-order valence-electron chi connectivity index (χ1n) is 7.64. The molecular weight excluding hydrogens is 276 g/mol. The molecule has 0 radical (unpaired) electrons. The maximum Gasteiger partial charge on any atom is 0.322 e. The lowest BCUT2D eigenvalue weighted by Crippen LogP contribution is -2.43. The summed E-state index contributed by atoms with van der Waals surface area (Å²) >= 11 is 0.